The van der Waals surface area contributed by atoms with Crippen LogP contribution in [0.15, 0.2) is 11.2 Å². The molecule has 0 aliphatic heterocycles. The fourth-order valence-corrected chi connectivity index (χ4v) is 3.38. The molecule has 2 atom stereocenters. The van der Waals surface area contributed by atoms with E-state index in [1.54, 1.807) is 0 Å². The quantitative estimate of drug-likeness (QED) is 0.388. The maximum atomic E-state index is 8.98. The van der Waals surface area contributed by atoms with Gasteiger partial charge in [0.25, 0.3) is 0 Å². The molecule has 1 aliphatic carbocycles. The van der Waals surface area contributed by atoms with E-state index in [9.17, 15) is 0 Å². The predicted molar refractivity (Wildman–Crippen MR) is 82.8 cm³/mol. The Morgan fingerprint density at radius 3 is 2.48 bits per heavy atom. The van der Waals surface area contributed by atoms with Crippen molar-refractivity contribution in [1.29, 1.82) is 0 Å². The topological polar surface area (TPSA) is 80.7 Å². The summed E-state index contributed by atoms with van der Waals surface area (Å²) in [5.74, 6) is 1.83. The molecule has 3 N–H and O–H groups in total. The second-order valence-corrected chi connectivity index (χ2v) is 6.40. The van der Waals surface area contributed by atoms with E-state index in [0.29, 0.717) is 23.3 Å². The van der Waals surface area contributed by atoms with Gasteiger partial charge in [0.2, 0.25) is 5.88 Å². The summed E-state index contributed by atoms with van der Waals surface area (Å²) in [6, 6.07) is 1.91. The van der Waals surface area contributed by atoms with E-state index in [2.05, 4.69) is 24.0 Å². The van der Waals surface area contributed by atoms with Gasteiger partial charge in [0.15, 0.2) is 5.84 Å². The molecule has 0 aromatic carbocycles. The van der Waals surface area contributed by atoms with Crippen molar-refractivity contribution in [2.45, 2.75) is 53.1 Å². The lowest BCUT2D eigenvalue weighted by molar-refractivity contribution is 0.0963. The minimum absolute atomic E-state index is 0.0481. The van der Waals surface area contributed by atoms with Gasteiger partial charge in [0.1, 0.15) is 6.10 Å². The predicted octanol–water partition coefficient (Wildman–Crippen LogP) is 3.00. The molecule has 21 heavy (non-hydrogen) atoms. The number of rotatable bonds is 3. The van der Waals surface area contributed by atoms with Crippen molar-refractivity contribution in [1.82, 2.24) is 4.98 Å². The van der Waals surface area contributed by atoms with E-state index in [-0.39, 0.29) is 11.9 Å². The molecule has 1 fully saturated rings. The zero-order valence-electron chi connectivity index (χ0n) is 13.3. The summed E-state index contributed by atoms with van der Waals surface area (Å²) in [5, 5.41) is 12.1. The number of aromatic nitrogens is 1. The van der Waals surface area contributed by atoms with E-state index in [0.717, 1.165) is 24.1 Å². The second kappa shape index (κ2) is 6.33. The lowest BCUT2D eigenvalue weighted by atomic mass is 9.82. The van der Waals surface area contributed by atoms with Crippen LogP contribution in [0.5, 0.6) is 5.88 Å². The number of hydrogen-bond donors (Lipinski definition) is 2. The first kappa shape index (κ1) is 15.6. The first-order chi connectivity index (χ1) is 9.90. The molecule has 0 spiro atoms. The Hall–Kier alpha value is -1.78. The summed E-state index contributed by atoms with van der Waals surface area (Å²) in [5.41, 5.74) is 8.15. The van der Waals surface area contributed by atoms with Gasteiger partial charge in [-0.3, -0.25) is 0 Å². The molecule has 1 heterocycles. The number of ether oxygens (including phenoxy) is 1. The van der Waals surface area contributed by atoms with Crippen molar-refractivity contribution < 1.29 is 9.94 Å². The molecule has 2 unspecified atom stereocenters. The Morgan fingerprint density at radius 1 is 1.29 bits per heavy atom. The molecular formula is C16H25N3O2. The smallest absolute Gasteiger partial charge is 0.225 e. The summed E-state index contributed by atoms with van der Waals surface area (Å²) in [4.78, 5) is 4.45. The van der Waals surface area contributed by atoms with Gasteiger partial charge in [-0.25, -0.2) is 4.98 Å². The number of pyridine rings is 1. The molecule has 0 amide bonds. The van der Waals surface area contributed by atoms with Crippen LogP contribution in [0.1, 0.15) is 49.9 Å². The average Bonchev–Trinajstić information content (AvgIpc) is 2.36. The first-order valence-corrected chi connectivity index (χ1v) is 7.53. The highest BCUT2D eigenvalue weighted by Gasteiger charge is 2.27. The van der Waals surface area contributed by atoms with Crippen LogP contribution in [0.3, 0.4) is 0 Å². The van der Waals surface area contributed by atoms with Crippen molar-refractivity contribution >= 4 is 5.84 Å². The zero-order valence-corrected chi connectivity index (χ0v) is 13.3. The Bertz CT molecular complexity index is 533. The first-order valence-electron chi connectivity index (χ1n) is 7.53. The molecule has 0 saturated heterocycles. The molecular weight excluding hydrogens is 266 g/mol. The van der Waals surface area contributed by atoms with Crippen LogP contribution in [-0.2, 0) is 0 Å². The number of hydrogen-bond acceptors (Lipinski definition) is 4. The fraction of sp³-hybridized carbons (Fsp3) is 0.625. The van der Waals surface area contributed by atoms with Gasteiger partial charge in [-0.05, 0) is 56.6 Å². The van der Waals surface area contributed by atoms with Crippen LogP contribution in [0.2, 0.25) is 0 Å². The van der Waals surface area contributed by atoms with Crippen molar-refractivity contribution in [3.05, 3.63) is 22.9 Å². The lowest BCUT2D eigenvalue weighted by Crippen LogP contribution is -2.30. The van der Waals surface area contributed by atoms with E-state index < -0.39 is 0 Å². The van der Waals surface area contributed by atoms with Crippen LogP contribution in [0.4, 0.5) is 0 Å². The number of nitrogens with two attached hydrogens (primary N) is 1. The molecule has 1 aromatic rings. The standard InChI is InChI=1S/C16H25N3O2/c1-9-5-10(2)7-13(6-9)21-16-14(15(17)19-20)11(3)8-12(4)18-16/h8-10,13,20H,5-7H2,1-4H3,(H2,17,19). The van der Waals surface area contributed by atoms with E-state index in [1.807, 2.05) is 19.9 Å². The SMILES string of the molecule is Cc1cc(C)c(C(N)=NO)c(OC2CC(C)CC(C)C2)n1. The van der Waals surface area contributed by atoms with Crippen LogP contribution in [0, 0.1) is 25.7 Å². The highest BCUT2D eigenvalue weighted by atomic mass is 16.5. The van der Waals surface area contributed by atoms with Crippen LogP contribution >= 0.6 is 0 Å². The van der Waals surface area contributed by atoms with Crippen molar-refractivity contribution in [2.75, 3.05) is 0 Å². The molecule has 5 nitrogen and oxygen atoms in total. The van der Waals surface area contributed by atoms with Gasteiger partial charge in [-0.15, -0.1) is 0 Å². The highest BCUT2D eigenvalue weighted by Crippen LogP contribution is 2.32. The third-order valence-electron chi connectivity index (χ3n) is 4.09. The maximum Gasteiger partial charge on any atom is 0.225 e. The van der Waals surface area contributed by atoms with Crippen LogP contribution in [0.25, 0.3) is 0 Å². The van der Waals surface area contributed by atoms with Gasteiger partial charge in [0, 0.05) is 5.69 Å². The molecule has 0 radical (unpaired) electrons. The van der Waals surface area contributed by atoms with Crippen LogP contribution < -0.4 is 10.5 Å². The van der Waals surface area contributed by atoms with Gasteiger partial charge >= 0.3 is 0 Å². The van der Waals surface area contributed by atoms with Crippen LogP contribution in [-0.4, -0.2) is 22.1 Å². The molecule has 116 valence electrons. The van der Waals surface area contributed by atoms with Gasteiger partial charge in [-0.1, -0.05) is 19.0 Å². The monoisotopic (exact) mass is 291 g/mol. The summed E-state index contributed by atoms with van der Waals surface area (Å²) >= 11 is 0. The number of aryl methyl sites for hydroxylation is 2. The number of nitrogens with zero attached hydrogens (tertiary/aromatic N) is 2. The normalized spacial score (nSPS) is 26.7. The third-order valence-corrected chi connectivity index (χ3v) is 4.09. The minimum Gasteiger partial charge on any atom is -0.474 e. The maximum absolute atomic E-state index is 8.98. The van der Waals surface area contributed by atoms with Crippen molar-refractivity contribution in [2.24, 2.45) is 22.7 Å². The Morgan fingerprint density at radius 2 is 1.90 bits per heavy atom. The molecule has 1 saturated carbocycles. The summed E-state index contributed by atoms with van der Waals surface area (Å²) in [6.45, 7) is 8.35. The number of amidine groups is 1. The average molecular weight is 291 g/mol. The van der Waals surface area contributed by atoms with E-state index >= 15 is 0 Å². The van der Waals surface area contributed by atoms with E-state index in [1.165, 1.54) is 6.42 Å². The molecule has 1 aromatic heterocycles. The highest BCUT2D eigenvalue weighted by molar-refractivity contribution is 6.00. The van der Waals surface area contributed by atoms with Crippen molar-refractivity contribution in [3.8, 4) is 5.88 Å². The summed E-state index contributed by atoms with van der Waals surface area (Å²) in [7, 11) is 0. The Kier molecular flexibility index (Phi) is 4.70. The second-order valence-electron chi connectivity index (χ2n) is 6.40. The minimum atomic E-state index is 0.0481. The molecule has 2 rings (SSSR count). The Labute approximate surface area is 126 Å². The third kappa shape index (κ3) is 3.65. The van der Waals surface area contributed by atoms with Gasteiger partial charge < -0.3 is 15.7 Å². The molecule has 0 bridgehead atoms. The summed E-state index contributed by atoms with van der Waals surface area (Å²) in [6.07, 6.45) is 3.43. The number of oxime groups is 1. The zero-order chi connectivity index (χ0) is 15.6. The van der Waals surface area contributed by atoms with Crippen molar-refractivity contribution in [3.63, 3.8) is 0 Å². The van der Waals surface area contributed by atoms with Gasteiger partial charge in [0.05, 0.1) is 5.56 Å². The van der Waals surface area contributed by atoms with E-state index in [4.69, 9.17) is 15.7 Å². The Balaban J connectivity index is 2.30. The molecule has 1 aliphatic rings. The largest absolute Gasteiger partial charge is 0.474 e. The lowest BCUT2D eigenvalue weighted by Gasteiger charge is -2.32. The fourth-order valence-electron chi connectivity index (χ4n) is 3.38. The van der Waals surface area contributed by atoms with Gasteiger partial charge in [-0.2, -0.15) is 0 Å². The summed E-state index contributed by atoms with van der Waals surface area (Å²) < 4.78 is 6.13. The molecule has 5 heteroatoms.